The molecule has 0 spiro atoms. The van der Waals surface area contributed by atoms with Crippen molar-refractivity contribution in [2.45, 2.75) is 0 Å². The molecule has 0 saturated carbocycles. The lowest BCUT2D eigenvalue weighted by Crippen LogP contribution is -2.16. The van der Waals surface area contributed by atoms with Crippen LogP contribution in [0.1, 0.15) is 5.56 Å². The van der Waals surface area contributed by atoms with Crippen molar-refractivity contribution >= 4 is 33.7 Å². The smallest absolute Gasteiger partial charge is 0.341 e. The van der Waals surface area contributed by atoms with Gasteiger partial charge in [0.1, 0.15) is 16.9 Å². The van der Waals surface area contributed by atoms with Crippen LogP contribution < -0.4 is 10.3 Å². The van der Waals surface area contributed by atoms with Crippen LogP contribution >= 0.6 is 11.3 Å². The van der Waals surface area contributed by atoms with Crippen LogP contribution in [-0.4, -0.2) is 33.6 Å². The zero-order valence-corrected chi connectivity index (χ0v) is 12.6. The molecule has 0 amide bonds. The highest BCUT2D eigenvalue weighted by atomic mass is 32.1. The first-order chi connectivity index (χ1) is 11.1. The van der Waals surface area contributed by atoms with E-state index in [4.69, 9.17) is 9.84 Å². The van der Waals surface area contributed by atoms with Gasteiger partial charge in [-0.2, -0.15) is 9.78 Å². The second-order valence-corrected chi connectivity index (χ2v) is 5.42. The molecule has 0 saturated heterocycles. The molecule has 116 valence electrons. The summed E-state index contributed by atoms with van der Waals surface area (Å²) in [7, 11) is 0. The standard InChI is InChI=1S/C15H11N3O4S/c19-13(20)8-22-11-3-1-10(2-4-11)7-17-18-9-16-14-12(15(18)21)5-6-23-14/h1-7,9H,8H2,(H,19,20)/b17-7+. The third-order valence-corrected chi connectivity index (χ3v) is 3.76. The fraction of sp³-hybridized carbons (Fsp3) is 0.0667. The molecule has 3 rings (SSSR count). The van der Waals surface area contributed by atoms with Crippen molar-refractivity contribution in [1.29, 1.82) is 0 Å². The molecule has 0 radical (unpaired) electrons. The van der Waals surface area contributed by atoms with E-state index in [1.807, 2.05) is 5.38 Å². The highest BCUT2D eigenvalue weighted by molar-refractivity contribution is 7.16. The molecule has 0 aliphatic rings. The lowest BCUT2D eigenvalue weighted by atomic mass is 10.2. The first-order valence-electron chi connectivity index (χ1n) is 6.57. The quantitative estimate of drug-likeness (QED) is 0.720. The predicted molar refractivity (Wildman–Crippen MR) is 86.4 cm³/mol. The van der Waals surface area contributed by atoms with Crippen LogP contribution in [-0.2, 0) is 4.79 Å². The fourth-order valence-corrected chi connectivity index (χ4v) is 2.58. The molecule has 2 aromatic heterocycles. The van der Waals surface area contributed by atoms with Gasteiger partial charge in [-0.15, -0.1) is 11.3 Å². The number of hydrogen-bond donors (Lipinski definition) is 1. The second-order valence-electron chi connectivity index (χ2n) is 4.53. The fourth-order valence-electron chi connectivity index (χ4n) is 1.85. The number of ether oxygens (including phenoxy) is 1. The third-order valence-electron chi connectivity index (χ3n) is 2.94. The maximum Gasteiger partial charge on any atom is 0.341 e. The molecule has 7 nitrogen and oxygen atoms in total. The summed E-state index contributed by atoms with van der Waals surface area (Å²) in [5.74, 6) is -0.589. The van der Waals surface area contributed by atoms with Crippen LogP contribution in [0.5, 0.6) is 5.75 Å². The average Bonchev–Trinajstić information content (AvgIpc) is 3.03. The molecule has 1 aromatic carbocycles. The number of carbonyl (C=O) groups is 1. The normalized spacial score (nSPS) is 11.1. The van der Waals surface area contributed by atoms with Crippen LogP contribution in [0.2, 0.25) is 0 Å². The number of thiophene rings is 1. The van der Waals surface area contributed by atoms with Crippen molar-refractivity contribution < 1.29 is 14.6 Å². The largest absolute Gasteiger partial charge is 0.482 e. The van der Waals surface area contributed by atoms with Gasteiger partial charge in [0.15, 0.2) is 6.61 Å². The molecular weight excluding hydrogens is 318 g/mol. The Labute approximate surface area is 134 Å². The van der Waals surface area contributed by atoms with E-state index in [-0.39, 0.29) is 5.56 Å². The summed E-state index contributed by atoms with van der Waals surface area (Å²) in [4.78, 5) is 27.4. The van der Waals surface area contributed by atoms with Gasteiger partial charge >= 0.3 is 5.97 Å². The summed E-state index contributed by atoms with van der Waals surface area (Å²) in [5, 5.41) is 15.0. The Morgan fingerprint density at radius 2 is 2.13 bits per heavy atom. The van der Waals surface area contributed by atoms with E-state index in [0.29, 0.717) is 16.0 Å². The highest BCUT2D eigenvalue weighted by Crippen LogP contribution is 2.13. The molecule has 8 heteroatoms. The van der Waals surface area contributed by atoms with Crippen LogP contribution in [0.4, 0.5) is 0 Å². The summed E-state index contributed by atoms with van der Waals surface area (Å²) >= 11 is 1.40. The SMILES string of the molecule is O=C(O)COc1ccc(/C=N/n2cnc3sccc3c2=O)cc1. The molecule has 0 atom stereocenters. The second kappa shape index (κ2) is 6.41. The number of fused-ring (bicyclic) bond motifs is 1. The Hall–Kier alpha value is -3.00. The Balaban J connectivity index is 1.77. The van der Waals surface area contributed by atoms with Gasteiger partial charge in [-0.1, -0.05) is 0 Å². The van der Waals surface area contributed by atoms with Crippen LogP contribution in [0.25, 0.3) is 10.2 Å². The molecule has 23 heavy (non-hydrogen) atoms. The zero-order valence-electron chi connectivity index (χ0n) is 11.7. The van der Waals surface area contributed by atoms with Gasteiger partial charge in [-0.3, -0.25) is 4.79 Å². The van der Waals surface area contributed by atoms with Crippen molar-refractivity contribution in [2.75, 3.05) is 6.61 Å². The van der Waals surface area contributed by atoms with Gasteiger partial charge < -0.3 is 9.84 Å². The number of carboxylic acid groups (broad SMARTS) is 1. The molecule has 3 aromatic rings. The van der Waals surface area contributed by atoms with E-state index in [9.17, 15) is 9.59 Å². The minimum absolute atomic E-state index is 0.228. The van der Waals surface area contributed by atoms with Gasteiger partial charge in [-0.25, -0.2) is 9.78 Å². The summed E-state index contributed by atoms with van der Waals surface area (Å²) in [6.45, 7) is -0.394. The minimum Gasteiger partial charge on any atom is -0.482 e. The molecule has 0 unspecified atom stereocenters. The van der Waals surface area contributed by atoms with Crippen molar-refractivity contribution in [3.8, 4) is 5.75 Å². The van der Waals surface area contributed by atoms with Gasteiger partial charge in [0.25, 0.3) is 5.56 Å². The predicted octanol–water partition coefficient (Wildman–Crippen LogP) is 1.80. The lowest BCUT2D eigenvalue weighted by molar-refractivity contribution is -0.139. The van der Waals surface area contributed by atoms with Crippen LogP contribution in [0.3, 0.4) is 0 Å². The van der Waals surface area contributed by atoms with Crippen LogP contribution in [0.15, 0.2) is 51.9 Å². The Kier molecular flexibility index (Phi) is 4.15. The van der Waals surface area contributed by atoms with Crippen molar-refractivity contribution in [3.05, 3.63) is 58.0 Å². The Morgan fingerprint density at radius 1 is 1.35 bits per heavy atom. The monoisotopic (exact) mass is 329 g/mol. The van der Waals surface area contributed by atoms with Crippen LogP contribution in [0, 0.1) is 0 Å². The molecule has 1 N–H and O–H groups in total. The maximum atomic E-state index is 12.2. The molecular formula is C15H11N3O4S. The molecule has 0 bridgehead atoms. The van der Waals surface area contributed by atoms with E-state index in [1.165, 1.54) is 28.6 Å². The highest BCUT2D eigenvalue weighted by Gasteiger charge is 2.03. The van der Waals surface area contributed by atoms with E-state index in [0.717, 1.165) is 5.56 Å². The molecule has 0 aliphatic heterocycles. The molecule has 2 heterocycles. The summed E-state index contributed by atoms with van der Waals surface area (Å²) in [6, 6.07) is 8.40. The third kappa shape index (κ3) is 3.43. The number of carboxylic acids is 1. The number of benzene rings is 1. The van der Waals surface area contributed by atoms with Gasteiger partial charge in [0, 0.05) is 0 Å². The summed E-state index contributed by atoms with van der Waals surface area (Å²) in [5.41, 5.74) is 0.513. The topological polar surface area (TPSA) is 93.8 Å². The number of aromatic nitrogens is 2. The van der Waals surface area contributed by atoms with E-state index < -0.39 is 12.6 Å². The number of nitrogens with zero attached hydrogens (tertiary/aromatic N) is 3. The Bertz CT molecular complexity index is 928. The summed E-state index contributed by atoms with van der Waals surface area (Å²) < 4.78 is 6.21. The van der Waals surface area contributed by atoms with E-state index in [1.54, 1.807) is 30.3 Å². The van der Waals surface area contributed by atoms with Crippen molar-refractivity contribution in [3.63, 3.8) is 0 Å². The van der Waals surface area contributed by atoms with Gasteiger partial charge in [0.05, 0.1) is 11.6 Å². The minimum atomic E-state index is -1.04. The Morgan fingerprint density at radius 3 is 2.87 bits per heavy atom. The summed E-state index contributed by atoms with van der Waals surface area (Å²) in [6.07, 6.45) is 2.89. The molecule has 0 aliphatic carbocycles. The first kappa shape index (κ1) is 14.9. The average molecular weight is 329 g/mol. The lowest BCUT2D eigenvalue weighted by Gasteiger charge is -2.02. The van der Waals surface area contributed by atoms with E-state index >= 15 is 0 Å². The first-order valence-corrected chi connectivity index (χ1v) is 7.45. The van der Waals surface area contributed by atoms with Gasteiger partial charge in [-0.05, 0) is 41.3 Å². The van der Waals surface area contributed by atoms with Crippen molar-refractivity contribution in [2.24, 2.45) is 5.10 Å². The van der Waals surface area contributed by atoms with E-state index in [2.05, 4.69) is 10.1 Å². The number of hydrogen-bond acceptors (Lipinski definition) is 6. The van der Waals surface area contributed by atoms with Gasteiger partial charge in [0.2, 0.25) is 0 Å². The van der Waals surface area contributed by atoms with Crippen molar-refractivity contribution in [1.82, 2.24) is 9.66 Å². The zero-order chi connectivity index (χ0) is 16.2. The number of rotatable bonds is 5. The number of aliphatic carboxylic acids is 1. The molecule has 0 fully saturated rings. The maximum absolute atomic E-state index is 12.2.